The van der Waals surface area contributed by atoms with Crippen LogP contribution in [0.25, 0.3) is 0 Å². The van der Waals surface area contributed by atoms with Crippen LogP contribution in [0.3, 0.4) is 0 Å². The molecule has 0 spiro atoms. The molecule has 3 heteroatoms. The average Bonchev–Trinajstić information content (AvgIpc) is 2.01. The molecule has 0 heterocycles. The molecule has 70 valence electrons. The van der Waals surface area contributed by atoms with E-state index in [-0.39, 0.29) is 5.97 Å². The minimum Gasteiger partial charge on any atom is -0.463 e. The number of nitrogens with one attached hydrogen (secondary N) is 1. The van der Waals surface area contributed by atoms with Crippen molar-refractivity contribution in [3.05, 3.63) is 11.8 Å². The van der Waals surface area contributed by atoms with Crippen molar-refractivity contribution < 1.29 is 9.53 Å². The van der Waals surface area contributed by atoms with E-state index in [0.717, 1.165) is 18.7 Å². The van der Waals surface area contributed by atoms with Crippen molar-refractivity contribution in [1.29, 1.82) is 0 Å². The summed E-state index contributed by atoms with van der Waals surface area (Å²) < 4.78 is 4.74. The molecule has 1 N–H and O–H groups in total. The predicted molar refractivity (Wildman–Crippen MR) is 48.7 cm³/mol. The standard InChI is InChI=1S/C9H17NO2/c1-4-6-10-8(3)7-9(11)12-5-2/h7,10H,4-6H2,1-3H3. The van der Waals surface area contributed by atoms with E-state index >= 15 is 0 Å². The third kappa shape index (κ3) is 5.77. The summed E-state index contributed by atoms with van der Waals surface area (Å²) in [5, 5.41) is 3.08. The Bertz CT molecular complexity index is 164. The maximum absolute atomic E-state index is 10.9. The molecule has 12 heavy (non-hydrogen) atoms. The monoisotopic (exact) mass is 171 g/mol. The van der Waals surface area contributed by atoms with Crippen molar-refractivity contribution in [3.8, 4) is 0 Å². The van der Waals surface area contributed by atoms with Gasteiger partial charge >= 0.3 is 5.97 Å². The van der Waals surface area contributed by atoms with Crippen LogP contribution >= 0.6 is 0 Å². The van der Waals surface area contributed by atoms with Crippen LogP contribution in [0.15, 0.2) is 11.8 Å². The molecular weight excluding hydrogens is 154 g/mol. The topological polar surface area (TPSA) is 38.3 Å². The van der Waals surface area contributed by atoms with E-state index in [9.17, 15) is 4.79 Å². The molecule has 0 unspecified atom stereocenters. The molecule has 0 rings (SSSR count). The number of ether oxygens (including phenoxy) is 1. The second kappa shape index (κ2) is 6.70. The van der Waals surface area contributed by atoms with Crippen LogP contribution in [0.2, 0.25) is 0 Å². The van der Waals surface area contributed by atoms with E-state index in [4.69, 9.17) is 4.74 Å². The molecule has 0 amide bonds. The summed E-state index contributed by atoms with van der Waals surface area (Å²) in [6.45, 7) is 7.04. The van der Waals surface area contributed by atoms with Crippen molar-refractivity contribution in [2.45, 2.75) is 27.2 Å². The Balaban J connectivity index is 3.72. The predicted octanol–water partition coefficient (Wildman–Crippen LogP) is 1.45. The zero-order valence-corrected chi connectivity index (χ0v) is 8.02. The van der Waals surface area contributed by atoms with Gasteiger partial charge in [0.05, 0.1) is 6.61 Å². The number of esters is 1. The summed E-state index contributed by atoms with van der Waals surface area (Å²) in [6.07, 6.45) is 2.52. The molecule has 0 saturated heterocycles. The van der Waals surface area contributed by atoms with Gasteiger partial charge in [0.1, 0.15) is 0 Å². The molecule has 0 aromatic rings. The largest absolute Gasteiger partial charge is 0.463 e. The summed E-state index contributed by atoms with van der Waals surface area (Å²) in [7, 11) is 0. The zero-order chi connectivity index (χ0) is 9.40. The first kappa shape index (κ1) is 11.0. The molecule has 0 aromatic heterocycles. The van der Waals surface area contributed by atoms with Crippen LogP contribution in [-0.2, 0) is 9.53 Å². The lowest BCUT2D eigenvalue weighted by atomic mass is 10.4. The normalized spacial score (nSPS) is 11.1. The van der Waals surface area contributed by atoms with Gasteiger partial charge in [0.15, 0.2) is 0 Å². The molecule has 0 aliphatic carbocycles. The zero-order valence-electron chi connectivity index (χ0n) is 8.02. The van der Waals surface area contributed by atoms with Crippen LogP contribution in [0.4, 0.5) is 0 Å². The van der Waals surface area contributed by atoms with Gasteiger partial charge in [-0.05, 0) is 20.3 Å². The Morgan fingerprint density at radius 1 is 1.50 bits per heavy atom. The van der Waals surface area contributed by atoms with E-state index in [1.807, 2.05) is 6.92 Å². The van der Waals surface area contributed by atoms with E-state index in [1.54, 1.807) is 6.92 Å². The smallest absolute Gasteiger partial charge is 0.332 e. The third-order valence-electron chi connectivity index (χ3n) is 1.27. The third-order valence-corrected chi connectivity index (χ3v) is 1.27. The van der Waals surface area contributed by atoms with E-state index in [1.165, 1.54) is 6.08 Å². The van der Waals surface area contributed by atoms with Gasteiger partial charge < -0.3 is 10.1 Å². The number of allylic oxidation sites excluding steroid dienone is 1. The van der Waals surface area contributed by atoms with E-state index in [0.29, 0.717) is 6.61 Å². The summed E-state index contributed by atoms with van der Waals surface area (Å²) >= 11 is 0. The number of carbonyl (C=O) groups is 1. The first-order valence-corrected chi connectivity index (χ1v) is 4.29. The highest BCUT2D eigenvalue weighted by atomic mass is 16.5. The fourth-order valence-corrected chi connectivity index (χ4v) is 0.734. The average molecular weight is 171 g/mol. The van der Waals surface area contributed by atoms with Crippen LogP contribution in [-0.4, -0.2) is 19.1 Å². The van der Waals surface area contributed by atoms with Crippen molar-refractivity contribution in [1.82, 2.24) is 5.32 Å². The van der Waals surface area contributed by atoms with Gasteiger partial charge in [0.2, 0.25) is 0 Å². The quantitative estimate of drug-likeness (QED) is 0.502. The summed E-state index contributed by atoms with van der Waals surface area (Å²) in [5.41, 5.74) is 0.857. The molecule has 0 aromatic carbocycles. The van der Waals surface area contributed by atoms with Gasteiger partial charge in [0, 0.05) is 18.3 Å². The highest BCUT2D eigenvalue weighted by molar-refractivity contribution is 5.82. The maximum Gasteiger partial charge on any atom is 0.332 e. The lowest BCUT2D eigenvalue weighted by Crippen LogP contribution is -2.13. The van der Waals surface area contributed by atoms with Crippen LogP contribution < -0.4 is 5.32 Å². The second-order valence-electron chi connectivity index (χ2n) is 2.51. The summed E-state index contributed by atoms with van der Waals surface area (Å²) in [5.74, 6) is -0.279. The van der Waals surface area contributed by atoms with Crippen LogP contribution in [0.1, 0.15) is 27.2 Å². The molecule has 0 aliphatic rings. The first-order chi connectivity index (χ1) is 5.70. The molecule has 0 fully saturated rings. The summed E-state index contributed by atoms with van der Waals surface area (Å²) in [4.78, 5) is 10.9. The minimum absolute atomic E-state index is 0.279. The van der Waals surface area contributed by atoms with Crippen LogP contribution in [0.5, 0.6) is 0 Å². The molecule has 0 atom stereocenters. The van der Waals surface area contributed by atoms with Gasteiger partial charge in [-0.1, -0.05) is 6.92 Å². The Morgan fingerprint density at radius 2 is 2.17 bits per heavy atom. The van der Waals surface area contributed by atoms with Crippen molar-refractivity contribution in [2.24, 2.45) is 0 Å². The van der Waals surface area contributed by atoms with E-state index < -0.39 is 0 Å². The van der Waals surface area contributed by atoms with Gasteiger partial charge in [0.25, 0.3) is 0 Å². The highest BCUT2D eigenvalue weighted by Crippen LogP contribution is 1.89. The maximum atomic E-state index is 10.9. The molecule has 3 nitrogen and oxygen atoms in total. The van der Waals surface area contributed by atoms with Crippen LogP contribution in [0, 0.1) is 0 Å². The lowest BCUT2D eigenvalue weighted by molar-refractivity contribution is -0.137. The second-order valence-corrected chi connectivity index (χ2v) is 2.51. The van der Waals surface area contributed by atoms with Crippen molar-refractivity contribution >= 4 is 5.97 Å². The molecular formula is C9H17NO2. The Labute approximate surface area is 73.8 Å². The lowest BCUT2D eigenvalue weighted by Gasteiger charge is -2.03. The fourth-order valence-electron chi connectivity index (χ4n) is 0.734. The van der Waals surface area contributed by atoms with Crippen molar-refractivity contribution in [3.63, 3.8) is 0 Å². The minimum atomic E-state index is -0.279. The molecule has 0 radical (unpaired) electrons. The number of hydrogen-bond donors (Lipinski definition) is 1. The molecule has 0 saturated carbocycles. The van der Waals surface area contributed by atoms with Gasteiger partial charge in [-0.25, -0.2) is 4.79 Å². The Morgan fingerprint density at radius 3 is 2.67 bits per heavy atom. The molecule has 0 aliphatic heterocycles. The Hall–Kier alpha value is -0.990. The van der Waals surface area contributed by atoms with E-state index in [2.05, 4.69) is 12.2 Å². The Kier molecular flexibility index (Phi) is 6.15. The fraction of sp³-hybridized carbons (Fsp3) is 0.667. The number of carbonyl (C=O) groups excluding carboxylic acids is 1. The number of rotatable bonds is 5. The van der Waals surface area contributed by atoms with Crippen molar-refractivity contribution in [2.75, 3.05) is 13.2 Å². The van der Waals surface area contributed by atoms with Gasteiger partial charge in [-0.15, -0.1) is 0 Å². The van der Waals surface area contributed by atoms with Gasteiger partial charge in [-0.2, -0.15) is 0 Å². The summed E-state index contributed by atoms with van der Waals surface area (Å²) in [6, 6.07) is 0. The van der Waals surface area contributed by atoms with Gasteiger partial charge in [-0.3, -0.25) is 0 Å². The highest BCUT2D eigenvalue weighted by Gasteiger charge is 1.95. The SMILES string of the molecule is CCCNC(C)=CC(=O)OCC. The number of hydrogen-bond acceptors (Lipinski definition) is 3. The first-order valence-electron chi connectivity index (χ1n) is 4.29. The molecule has 0 bridgehead atoms.